The number of carboxylic acids is 1. The van der Waals surface area contributed by atoms with Gasteiger partial charge in [0.05, 0.1) is 17.7 Å². The largest absolute Gasteiger partial charge is 0.480 e. The third kappa shape index (κ3) is 2.83. The molecule has 1 aromatic carbocycles. The molecule has 0 aliphatic carbocycles. The van der Waals surface area contributed by atoms with Crippen molar-refractivity contribution in [1.29, 1.82) is 0 Å². The lowest BCUT2D eigenvalue weighted by molar-refractivity contribution is -0.137. The molecule has 0 saturated heterocycles. The molecule has 0 radical (unpaired) electrons. The van der Waals surface area contributed by atoms with Gasteiger partial charge in [-0.3, -0.25) is 14.3 Å². The first kappa shape index (κ1) is 14.5. The van der Waals surface area contributed by atoms with Crippen molar-refractivity contribution in [1.82, 2.24) is 9.78 Å². The van der Waals surface area contributed by atoms with Crippen LogP contribution in [-0.2, 0) is 16.1 Å². The van der Waals surface area contributed by atoms with Crippen molar-refractivity contribution >= 4 is 28.7 Å². The molecule has 3 N–H and O–H groups in total. The van der Waals surface area contributed by atoms with Gasteiger partial charge in [-0.1, -0.05) is 0 Å². The Kier molecular flexibility index (Phi) is 3.88. The molecule has 2 rings (SSSR count). The zero-order chi connectivity index (χ0) is 15.6. The molecule has 110 valence electrons. The number of ether oxygens (including phenoxy) is 1. The van der Waals surface area contributed by atoms with E-state index in [1.165, 1.54) is 18.2 Å². The summed E-state index contributed by atoms with van der Waals surface area (Å²) in [5.41, 5.74) is 5.78. The number of hydrogen-bond acceptors (Lipinski definition) is 5. The Morgan fingerprint density at radius 3 is 2.67 bits per heavy atom. The van der Waals surface area contributed by atoms with Crippen molar-refractivity contribution < 1.29 is 24.2 Å². The number of benzene rings is 1. The van der Waals surface area contributed by atoms with Gasteiger partial charge in [0.25, 0.3) is 5.91 Å². The Morgan fingerprint density at radius 2 is 2.10 bits per heavy atom. The van der Waals surface area contributed by atoms with Crippen LogP contribution in [0.25, 0.3) is 10.9 Å². The number of rotatable bonds is 5. The van der Waals surface area contributed by atoms with Gasteiger partial charge in [-0.25, -0.2) is 4.79 Å². The van der Waals surface area contributed by atoms with Crippen molar-refractivity contribution in [2.45, 2.75) is 13.5 Å². The average molecular weight is 291 g/mol. The van der Waals surface area contributed by atoms with Gasteiger partial charge in [-0.05, 0) is 25.1 Å². The monoisotopic (exact) mass is 291 g/mol. The van der Waals surface area contributed by atoms with Crippen LogP contribution in [0.3, 0.4) is 0 Å². The van der Waals surface area contributed by atoms with E-state index >= 15 is 0 Å². The summed E-state index contributed by atoms with van der Waals surface area (Å²) in [4.78, 5) is 33.9. The van der Waals surface area contributed by atoms with Crippen LogP contribution in [0.5, 0.6) is 0 Å². The van der Waals surface area contributed by atoms with Crippen molar-refractivity contribution in [3.8, 4) is 0 Å². The van der Waals surface area contributed by atoms with Gasteiger partial charge in [0.15, 0.2) is 5.69 Å². The highest BCUT2D eigenvalue weighted by Gasteiger charge is 2.18. The highest BCUT2D eigenvalue weighted by Crippen LogP contribution is 2.21. The van der Waals surface area contributed by atoms with E-state index in [1.54, 1.807) is 6.92 Å². The summed E-state index contributed by atoms with van der Waals surface area (Å²) in [5.74, 6) is -2.45. The van der Waals surface area contributed by atoms with E-state index in [1.807, 2.05) is 0 Å². The van der Waals surface area contributed by atoms with Crippen molar-refractivity contribution in [2.24, 2.45) is 5.73 Å². The normalized spacial score (nSPS) is 10.5. The minimum Gasteiger partial charge on any atom is -0.480 e. The van der Waals surface area contributed by atoms with Crippen molar-refractivity contribution in [2.75, 3.05) is 6.61 Å². The first-order valence-electron chi connectivity index (χ1n) is 6.13. The summed E-state index contributed by atoms with van der Waals surface area (Å²) >= 11 is 0. The van der Waals surface area contributed by atoms with Gasteiger partial charge in [-0.15, -0.1) is 0 Å². The molecular formula is C13H13N3O5. The molecule has 1 heterocycles. The molecule has 1 amide bonds. The number of aromatic nitrogens is 2. The molecule has 21 heavy (non-hydrogen) atoms. The Morgan fingerprint density at radius 1 is 1.38 bits per heavy atom. The SMILES string of the molecule is CCOC(=O)c1ccc2c(c1)c(C(N)=O)nn2CC(=O)O. The summed E-state index contributed by atoms with van der Waals surface area (Å²) in [5, 5.41) is 13.0. The van der Waals surface area contributed by atoms with Gasteiger partial charge in [0.2, 0.25) is 0 Å². The second kappa shape index (κ2) is 5.61. The lowest BCUT2D eigenvalue weighted by Crippen LogP contribution is -2.14. The lowest BCUT2D eigenvalue weighted by Gasteiger charge is -2.03. The van der Waals surface area contributed by atoms with Gasteiger partial charge >= 0.3 is 11.9 Å². The zero-order valence-corrected chi connectivity index (χ0v) is 11.2. The fraction of sp³-hybridized carbons (Fsp3) is 0.231. The smallest absolute Gasteiger partial charge is 0.338 e. The molecule has 0 spiro atoms. The number of hydrogen-bond donors (Lipinski definition) is 2. The topological polar surface area (TPSA) is 125 Å². The maximum Gasteiger partial charge on any atom is 0.338 e. The molecule has 2 aromatic rings. The number of primary amides is 1. The van der Waals surface area contributed by atoms with Crippen LogP contribution in [-0.4, -0.2) is 39.3 Å². The molecule has 8 nitrogen and oxygen atoms in total. The third-order valence-corrected chi connectivity index (χ3v) is 2.78. The molecule has 8 heteroatoms. The number of amides is 1. The molecule has 0 aliphatic rings. The Bertz CT molecular complexity index is 735. The molecule has 0 fully saturated rings. The van der Waals surface area contributed by atoms with Gasteiger partial charge in [0.1, 0.15) is 6.54 Å². The summed E-state index contributed by atoms with van der Waals surface area (Å²) in [6.45, 7) is 1.48. The number of nitrogens with zero attached hydrogens (tertiary/aromatic N) is 2. The van der Waals surface area contributed by atoms with E-state index in [0.717, 1.165) is 4.68 Å². The molecule has 0 unspecified atom stereocenters. The number of esters is 1. The predicted molar refractivity (Wildman–Crippen MR) is 71.8 cm³/mol. The van der Waals surface area contributed by atoms with Crippen LogP contribution in [0, 0.1) is 0 Å². The highest BCUT2D eigenvalue weighted by atomic mass is 16.5. The summed E-state index contributed by atoms with van der Waals surface area (Å²) in [6.07, 6.45) is 0. The maximum atomic E-state index is 11.7. The number of carbonyl (C=O) groups excluding carboxylic acids is 2. The minimum atomic E-state index is -1.11. The summed E-state index contributed by atoms with van der Waals surface area (Å²) in [7, 11) is 0. The molecule has 0 aliphatic heterocycles. The fourth-order valence-electron chi connectivity index (χ4n) is 1.95. The zero-order valence-electron chi connectivity index (χ0n) is 11.2. The Hall–Kier alpha value is -2.90. The van der Waals surface area contributed by atoms with E-state index in [2.05, 4.69) is 5.10 Å². The fourth-order valence-corrected chi connectivity index (χ4v) is 1.95. The number of nitrogens with two attached hydrogens (primary N) is 1. The summed E-state index contributed by atoms with van der Waals surface area (Å²) in [6, 6.07) is 4.40. The van der Waals surface area contributed by atoms with E-state index in [-0.39, 0.29) is 17.9 Å². The third-order valence-electron chi connectivity index (χ3n) is 2.78. The Balaban J connectivity index is 2.59. The van der Waals surface area contributed by atoms with Crippen LogP contribution in [0.15, 0.2) is 18.2 Å². The highest BCUT2D eigenvalue weighted by molar-refractivity contribution is 6.06. The first-order chi connectivity index (χ1) is 9.93. The number of carbonyl (C=O) groups is 3. The first-order valence-corrected chi connectivity index (χ1v) is 6.13. The van der Waals surface area contributed by atoms with Crippen molar-refractivity contribution in [3.05, 3.63) is 29.5 Å². The number of fused-ring (bicyclic) bond motifs is 1. The van der Waals surface area contributed by atoms with Crippen LogP contribution < -0.4 is 5.73 Å². The van der Waals surface area contributed by atoms with Gasteiger partial charge in [0, 0.05) is 5.39 Å². The molecule has 1 aromatic heterocycles. The minimum absolute atomic E-state index is 0.0857. The maximum absolute atomic E-state index is 11.7. The van der Waals surface area contributed by atoms with Crippen LogP contribution >= 0.6 is 0 Å². The Labute approximate surface area is 119 Å². The quantitative estimate of drug-likeness (QED) is 0.768. The summed E-state index contributed by atoms with van der Waals surface area (Å²) < 4.78 is 6.02. The van der Waals surface area contributed by atoms with Crippen molar-refractivity contribution in [3.63, 3.8) is 0 Å². The van der Waals surface area contributed by atoms with Crippen LogP contribution in [0.2, 0.25) is 0 Å². The second-order valence-corrected chi connectivity index (χ2v) is 4.22. The van der Waals surface area contributed by atoms with Crippen LogP contribution in [0.4, 0.5) is 0 Å². The predicted octanol–water partition coefficient (Wildman–Crippen LogP) is 0.397. The van der Waals surface area contributed by atoms with E-state index in [4.69, 9.17) is 15.6 Å². The lowest BCUT2D eigenvalue weighted by atomic mass is 10.1. The van der Waals surface area contributed by atoms with E-state index < -0.39 is 24.4 Å². The average Bonchev–Trinajstić information content (AvgIpc) is 2.76. The van der Waals surface area contributed by atoms with Gasteiger partial charge < -0.3 is 15.6 Å². The van der Waals surface area contributed by atoms with E-state index in [0.29, 0.717) is 10.9 Å². The molecule has 0 bridgehead atoms. The standard InChI is InChI=1S/C13H13N3O5/c1-2-21-13(20)7-3-4-9-8(5-7)11(12(14)19)15-16(9)6-10(17)18/h3-5H,2,6H2,1H3,(H2,14,19)(H,17,18). The second-order valence-electron chi connectivity index (χ2n) is 4.22. The number of carboxylic acid groups (broad SMARTS) is 1. The number of aliphatic carboxylic acids is 1. The molecule has 0 saturated carbocycles. The van der Waals surface area contributed by atoms with E-state index in [9.17, 15) is 14.4 Å². The molecule has 0 atom stereocenters. The van der Waals surface area contributed by atoms with Crippen LogP contribution in [0.1, 0.15) is 27.8 Å². The molecular weight excluding hydrogens is 278 g/mol. The van der Waals surface area contributed by atoms with Gasteiger partial charge in [-0.2, -0.15) is 5.10 Å².